The highest BCUT2D eigenvalue weighted by atomic mass is 15.1. The van der Waals surface area contributed by atoms with Gasteiger partial charge in [-0.3, -0.25) is 0 Å². The Balaban J connectivity index is 4.42. The average molecular weight is 221 g/mol. The molecule has 0 aromatic heterocycles. The zero-order valence-electron chi connectivity index (χ0n) is 11.2. The van der Waals surface area contributed by atoms with Gasteiger partial charge in [0.15, 0.2) is 0 Å². The Hall–Kier alpha value is -0.980. The Bertz CT molecular complexity index is 218. The lowest BCUT2D eigenvalue weighted by Crippen LogP contribution is -2.24. The quantitative estimate of drug-likeness (QED) is 0.517. The van der Waals surface area contributed by atoms with Gasteiger partial charge in [-0.25, -0.2) is 0 Å². The molecule has 0 unspecified atom stereocenters. The van der Waals surface area contributed by atoms with Crippen molar-refractivity contribution in [2.45, 2.75) is 46.5 Å². The molecule has 0 bridgehead atoms. The minimum Gasteiger partial charge on any atom is -0.372 e. The number of rotatable bonds is 9. The smallest absolute Gasteiger partial charge is 0.0322 e. The molecule has 0 N–H and O–H groups in total. The predicted octanol–water partition coefficient (Wildman–Crippen LogP) is 4.53. The molecule has 0 fully saturated rings. The lowest BCUT2D eigenvalue weighted by molar-refractivity contribution is 0.340. The van der Waals surface area contributed by atoms with Crippen LogP contribution >= 0.6 is 0 Å². The number of unbranched alkanes of at least 4 members (excludes halogenated alkanes) is 2. The third-order valence-electron chi connectivity index (χ3n) is 2.63. The summed E-state index contributed by atoms with van der Waals surface area (Å²) in [6, 6.07) is 0. The third-order valence-corrected chi connectivity index (χ3v) is 2.63. The minimum absolute atomic E-state index is 1.16. The molecule has 0 amide bonds. The summed E-state index contributed by atoms with van der Waals surface area (Å²) in [7, 11) is 0. The van der Waals surface area contributed by atoms with E-state index >= 15 is 0 Å². The first-order valence-corrected chi connectivity index (χ1v) is 6.50. The molecule has 0 aromatic rings. The van der Waals surface area contributed by atoms with E-state index in [1.165, 1.54) is 31.4 Å². The molecule has 0 aliphatic carbocycles. The monoisotopic (exact) mass is 221 g/mol. The van der Waals surface area contributed by atoms with Gasteiger partial charge in [-0.1, -0.05) is 51.5 Å². The SMILES string of the molecule is C=C/C=C\C(=C/C)N(CCCC)CCCC. The van der Waals surface area contributed by atoms with Crippen molar-refractivity contribution in [1.82, 2.24) is 4.90 Å². The summed E-state index contributed by atoms with van der Waals surface area (Å²) >= 11 is 0. The van der Waals surface area contributed by atoms with Crippen LogP contribution in [-0.4, -0.2) is 18.0 Å². The number of hydrogen-bond donors (Lipinski definition) is 0. The second kappa shape index (κ2) is 10.5. The molecular weight excluding hydrogens is 194 g/mol. The zero-order chi connectivity index (χ0) is 12.2. The molecule has 1 nitrogen and oxygen atoms in total. The van der Waals surface area contributed by atoms with Crippen LogP contribution in [0.15, 0.2) is 36.6 Å². The molecule has 16 heavy (non-hydrogen) atoms. The second-order valence-electron chi connectivity index (χ2n) is 4.00. The summed E-state index contributed by atoms with van der Waals surface area (Å²) < 4.78 is 0. The summed E-state index contributed by atoms with van der Waals surface area (Å²) in [5, 5.41) is 0. The number of nitrogens with zero attached hydrogens (tertiary/aromatic N) is 1. The minimum atomic E-state index is 1.16. The van der Waals surface area contributed by atoms with Crippen LogP contribution in [0, 0.1) is 0 Å². The number of allylic oxidation sites excluding steroid dienone is 4. The fourth-order valence-electron chi connectivity index (χ4n) is 1.62. The van der Waals surface area contributed by atoms with Gasteiger partial charge in [0.1, 0.15) is 0 Å². The van der Waals surface area contributed by atoms with E-state index in [9.17, 15) is 0 Å². The first-order chi connectivity index (χ1) is 7.79. The van der Waals surface area contributed by atoms with Crippen LogP contribution in [0.5, 0.6) is 0 Å². The highest BCUT2D eigenvalue weighted by molar-refractivity contribution is 5.20. The Labute approximate surface area is 102 Å². The topological polar surface area (TPSA) is 3.24 Å². The van der Waals surface area contributed by atoms with Crippen LogP contribution in [0.2, 0.25) is 0 Å². The van der Waals surface area contributed by atoms with Crippen molar-refractivity contribution < 1.29 is 0 Å². The van der Waals surface area contributed by atoms with Crippen molar-refractivity contribution >= 4 is 0 Å². The van der Waals surface area contributed by atoms with Crippen LogP contribution < -0.4 is 0 Å². The normalized spacial score (nSPS) is 12.1. The van der Waals surface area contributed by atoms with Crippen LogP contribution in [0.1, 0.15) is 46.5 Å². The maximum Gasteiger partial charge on any atom is 0.0322 e. The zero-order valence-corrected chi connectivity index (χ0v) is 11.2. The van der Waals surface area contributed by atoms with E-state index in [4.69, 9.17) is 0 Å². The van der Waals surface area contributed by atoms with E-state index < -0.39 is 0 Å². The highest BCUT2D eigenvalue weighted by Gasteiger charge is 2.04. The van der Waals surface area contributed by atoms with Crippen molar-refractivity contribution in [3.63, 3.8) is 0 Å². The third kappa shape index (κ3) is 6.49. The fraction of sp³-hybridized carbons (Fsp3) is 0.600. The molecule has 0 aliphatic rings. The summed E-state index contributed by atoms with van der Waals surface area (Å²) in [4.78, 5) is 2.48. The van der Waals surface area contributed by atoms with Crippen LogP contribution in [-0.2, 0) is 0 Å². The van der Waals surface area contributed by atoms with E-state index in [1.807, 2.05) is 12.2 Å². The van der Waals surface area contributed by atoms with Gasteiger partial charge in [-0.15, -0.1) is 0 Å². The average Bonchev–Trinajstić information content (AvgIpc) is 2.32. The fourth-order valence-corrected chi connectivity index (χ4v) is 1.62. The van der Waals surface area contributed by atoms with E-state index in [-0.39, 0.29) is 0 Å². The molecule has 92 valence electrons. The molecular formula is C15H27N. The van der Waals surface area contributed by atoms with Crippen molar-refractivity contribution in [2.24, 2.45) is 0 Å². The molecule has 0 rings (SSSR count). The first-order valence-electron chi connectivity index (χ1n) is 6.50. The Kier molecular flexibility index (Phi) is 9.89. The summed E-state index contributed by atoms with van der Waals surface area (Å²) in [5.41, 5.74) is 1.32. The largest absolute Gasteiger partial charge is 0.372 e. The molecule has 0 atom stereocenters. The van der Waals surface area contributed by atoms with Gasteiger partial charge in [0.2, 0.25) is 0 Å². The molecule has 0 spiro atoms. The van der Waals surface area contributed by atoms with Crippen molar-refractivity contribution in [3.8, 4) is 0 Å². The van der Waals surface area contributed by atoms with Gasteiger partial charge in [0, 0.05) is 18.8 Å². The van der Waals surface area contributed by atoms with Gasteiger partial charge >= 0.3 is 0 Å². The molecule has 0 heterocycles. The van der Waals surface area contributed by atoms with Crippen LogP contribution in [0.3, 0.4) is 0 Å². The van der Waals surface area contributed by atoms with Gasteiger partial charge in [0.05, 0.1) is 0 Å². The van der Waals surface area contributed by atoms with Crippen LogP contribution in [0.25, 0.3) is 0 Å². The van der Waals surface area contributed by atoms with E-state index in [0.717, 1.165) is 13.1 Å². The van der Waals surface area contributed by atoms with Gasteiger partial charge in [0.25, 0.3) is 0 Å². The van der Waals surface area contributed by atoms with E-state index in [2.05, 4.69) is 44.4 Å². The van der Waals surface area contributed by atoms with E-state index in [0.29, 0.717) is 0 Å². The molecule has 0 saturated heterocycles. The molecule has 0 aliphatic heterocycles. The molecule has 1 heteroatoms. The Morgan fingerprint density at radius 2 is 1.69 bits per heavy atom. The van der Waals surface area contributed by atoms with Crippen LogP contribution in [0.4, 0.5) is 0 Å². The van der Waals surface area contributed by atoms with E-state index in [1.54, 1.807) is 0 Å². The summed E-state index contributed by atoms with van der Waals surface area (Å²) in [6.07, 6.45) is 13.2. The Morgan fingerprint density at radius 3 is 2.06 bits per heavy atom. The molecule has 0 aromatic carbocycles. The molecule has 0 saturated carbocycles. The molecule has 0 radical (unpaired) electrons. The second-order valence-corrected chi connectivity index (χ2v) is 4.00. The highest BCUT2D eigenvalue weighted by Crippen LogP contribution is 2.10. The van der Waals surface area contributed by atoms with Gasteiger partial charge in [-0.05, 0) is 25.8 Å². The summed E-state index contributed by atoms with van der Waals surface area (Å²) in [6.45, 7) is 12.6. The number of hydrogen-bond acceptors (Lipinski definition) is 1. The van der Waals surface area contributed by atoms with Gasteiger partial charge < -0.3 is 4.90 Å². The maximum absolute atomic E-state index is 3.72. The van der Waals surface area contributed by atoms with Crippen molar-refractivity contribution in [3.05, 3.63) is 36.6 Å². The lowest BCUT2D eigenvalue weighted by atomic mass is 10.2. The lowest BCUT2D eigenvalue weighted by Gasteiger charge is -2.25. The standard InChI is InChI=1S/C15H27N/c1-5-9-12-15(8-4)16(13-10-6-2)14-11-7-3/h5,8-9,12H,1,6-7,10-11,13-14H2,2-4H3/b12-9-,15-8+. The maximum atomic E-state index is 3.72. The van der Waals surface area contributed by atoms with Crippen molar-refractivity contribution in [2.75, 3.05) is 13.1 Å². The summed E-state index contributed by atoms with van der Waals surface area (Å²) in [5.74, 6) is 0. The van der Waals surface area contributed by atoms with Crippen molar-refractivity contribution in [1.29, 1.82) is 0 Å². The predicted molar refractivity (Wildman–Crippen MR) is 74.5 cm³/mol. The Morgan fingerprint density at radius 1 is 1.12 bits per heavy atom. The first kappa shape index (κ1) is 15.0. The van der Waals surface area contributed by atoms with Gasteiger partial charge in [-0.2, -0.15) is 0 Å².